The maximum absolute atomic E-state index is 5.57. The molecule has 1 atom stereocenters. The molecular weight excluding hydrogens is 254 g/mol. The third-order valence-electron chi connectivity index (χ3n) is 2.96. The van der Waals surface area contributed by atoms with Gasteiger partial charge >= 0.3 is 0 Å². The monoisotopic (exact) mass is 271 g/mol. The van der Waals surface area contributed by atoms with Gasteiger partial charge in [0.1, 0.15) is 10.8 Å². The van der Waals surface area contributed by atoms with Crippen LogP contribution < -0.4 is 11.1 Å². The molecule has 0 saturated heterocycles. The van der Waals surface area contributed by atoms with E-state index < -0.39 is 0 Å². The molecule has 1 aromatic heterocycles. The van der Waals surface area contributed by atoms with Gasteiger partial charge in [-0.15, -0.1) is 0 Å². The van der Waals surface area contributed by atoms with Gasteiger partial charge in [-0.1, -0.05) is 55.5 Å². The molecular formula is C15H17N3S. The normalized spacial score (nSPS) is 11.8. The van der Waals surface area contributed by atoms with Crippen molar-refractivity contribution in [3.63, 3.8) is 0 Å². The highest BCUT2D eigenvalue weighted by Gasteiger charge is 2.05. The van der Waals surface area contributed by atoms with Gasteiger partial charge in [-0.2, -0.15) is 0 Å². The third kappa shape index (κ3) is 3.76. The number of nitrogens with zero attached hydrogens (tertiary/aromatic N) is 1. The van der Waals surface area contributed by atoms with Crippen LogP contribution in [0.5, 0.6) is 0 Å². The quantitative estimate of drug-likeness (QED) is 0.821. The Morgan fingerprint density at radius 2 is 1.95 bits per heavy atom. The molecule has 3 N–H and O–H groups in total. The number of hydrogen-bond acceptors (Lipinski definition) is 3. The van der Waals surface area contributed by atoms with Crippen molar-refractivity contribution in [2.75, 3.05) is 11.9 Å². The molecule has 2 aromatic rings. The van der Waals surface area contributed by atoms with E-state index in [1.165, 1.54) is 5.56 Å². The van der Waals surface area contributed by atoms with Crippen molar-refractivity contribution in [1.29, 1.82) is 0 Å². The average molecular weight is 271 g/mol. The van der Waals surface area contributed by atoms with Crippen LogP contribution in [-0.4, -0.2) is 16.5 Å². The molecule has 0 radical (unpaired) electrons. The summed E-state index contributed by atoms with van der Waals surface area (Å²) in [5, 5.41) is 3.31. The van der Waals surface area contributed by atoms with E-state index in [-0.39, 0.29) is 0 Å². The number of nitrogens with one attached hydrogen (secondary N) is 1. The highest BCUT2D eigenvalue weighted by Crippen LogP contribution is 2.15. The van der Waals surface area contributed by atoms with E-state index in [4.69, 9.17) is 18.0 Å². The number of benzene rings is 1. The first-order chi connectivity index (χ1) is 9.16. The zero-order valence-corrected chi connectivity index (χ0v) is 11.7. The zero-order chi connectivity index (χ0) is 13.7. The lowest BCUT2D eigenvalue weighted by atomic mass is 10.0. The van der Waals surface area contributed by atoms with Crippen LogP contribution >= 0.6 is 12.2 Å². The lowest BCUT2D eigenvalue weighted by molar-refractivity contribution is 0.801. The molecule has 0 bridgehead atoms. The van der Waals surface area contributed by atoms with E-state index >= 15 is 0 Å². The molecule has 1 heterocycles. The molecule has 0 amide bonds. The van der Waals surface area contributed by atoms with Gasteiger partial charge in [0.2, 0.25) is 0 Å². The van der Waals surface area contributed by atoms with Gasteiger partial charge < -0.3 is 11.1 Å². The largest absolute Gasteiger partial charge is 0.388 e. The van der Waals surface area contributed by atoms with Gasteiger partial charge in [-0.05, 0) is 23.6 Å². The second-order valence-electron chi connectivity index (χ2n) is 4.46. The first kappa shape index (κ1) is 13.5. The molecule has 19 heavy (non-hydrogen) atoms. The number of aromatic nitrogens is 1. The molecule has 2 rings (SSSR count). The van der Waals surface area contributed by atoms with Crippen LogP contribution in [0.2, 0.25) is 0 Å². The van der Waals surface area contributed by atoms with Gasteiger partial charge in [-0.3, -0.25) is 0 Å². The molecule has 4 heteroatoms. The third-order valence-corrected chi connectivity index (χ3v) is 3.17. The Morgan fingerprint density at radius 1 is 1.21 bits per heavy atom. The fourth-order valence-corrected chi connectivity index (χ4v) is 1.94. The Hall–Kier alpha value is -1.94. The Balaban J connectivity index is 1.99. The number of thiocarbonyl (C=S) groups is 1. The van der Waals surface area contributed by atoms with E-state index in [0.29, 0.717) is 16.6 Å². The summed E-state index contributed by atoms with van der Waals surface area (Å²) in [7, 11) is 0. The molecule has 1 aromatic carbocycles. The van der Waals surface area contributed by atoms with Crippen molar-refractivity contribution in [1.82, 2.24) is 4.98 Å². The predicted octanol–water partition coefficient (Wildman–Crippen LogP) is 2.93. The average Bonchev–Trinajstić information content (AvgIpc) is 2.46. The molecule has 0 aliphatic carbocycles. The first-order valence-electron chi connectivity index (χ1n) is 6.22. The first-order valence-corrected chi connectivity index (χ1v) is 6.63. The molecule has 0 aliphatic rings. The summed E-state index contributed by atoms with van der Waals surface area (Å²) in [5.41, 5.74) is 7.52. The number of anilines is 1. The van der Waals surface area contributed by atoms with Crippen molar-refractivity contribution < 1.29 is 0 Å². The number of hydrogen-bond donors (Lipinski definition) is 2. The standard InChI is InChI=1S/C15H17N3S/c1-11(12-6-3-2-4-7-12)10-17-14-9-5-8-13(18-14)15(16)19/h2-9,11H,10H2,1H3,(H2,16,19)(H,17,18). The van der Waals surface area contributed by atoms with E-state index in [2.05, 4.69) is 41.5 Å². The van der Waals surface area contributed by atoms with Gasteiger partial charge in [-0.25, -0.2) is 4.98 Å². The Labute approximate surface area is 118 Å². The fourth-order valence-electron chi connectivity index (χ4n) is 1.83. The summed E-state index contributed by atoms with van der Waals surface area (Å²) in [5.74, 6) is 1.21. The Kier molecular flexibility index (Phi) is 4.47. The summed E-state index contributed by atoms with van der Waals surface area (Å²) >= 11 is 4.92. The predicted molar refractivity (Wildman–Crippen MR) is 83.5 cm³/mol. The molecule has 0 saturated carbocycles. The van der Waals surface area contributed by atoms with Gasteiger partial charge in [0.25, 0.3) is 0 Å². The van der Waals surface area contributed by atoms with Crippen molar-refractivity contribution >= 4 is 23.0 Å². The number of rotatable bonds is 5. The minimum atomic E-state index is 0.319. The minimum absolute atomic E-state index is 0.319. The summed E-state index contributed by atoms with van der Waals surface area (Å²) in [4.78, 5) is 4.68. The highest BCUT2D eigenvalue weighted by atomic mass is 32.1. The number of pyridine rings is 1. The second kappa shape index (κ2) is 6.29. The van der Waals surface area contributed by atoms with Crippen LogP contribution in [0.3, 0.4) is 0 Å². The Morgan fingerprint density at radius 3 is 2.63 bits per heavy atom. The highest BCUT2D eigenvalue weighted by molar-refractivity contribution is 7.80. The molecule has 3 nitrogen and oxygen atoms in total. The van der Waals surface area contributed by atoms with Crippen LogP contribution in [0.15, 0.2) is 48.5 Å². The molecule has 0 aliphatic heterocycles. The smallest absolute Gasteiger partial charge is 0.126 e. The minimum Gasteiger partial charge on any atom is -0.388 e. The lowest BCUT2D eigenvalue weighted by Gasteiger charge is -2.13. The fraction of sp³-hybridized carbons (Fsp3) is 0.200. The summed E-state index contributed by atoms with van der Waals surface area (Å²) in [6, 6.07) is 16.0. The second-order valence-corrected chi connectivity index (χ2v) is 4.90. The van der Waals surface area contributed by atoms with Crippen LogP contribution in [0, 0.1) is 0 Å². The Bertz CT molecular complexity index is 554. The summed E-state index contributed by atoms with van der Waals surface area (Å²) in [6.45, 7) is 3.00. The van der Waals surface area contributed by atoms with Crippen molar-refractivity contribution in [3.05, 3.63) is 59.8 Å². The topological polar surface area (TPSA) is 50.9 Å². The summed E-state index contributed by atoms with van der Waals surface area (Å²) < 4.78 is 0. The van der Waals surface area contributed by atoms with Crippen molar-refractivity contribution in [2.24, 2.45) is 5.73 Å². The van der Waals surface area contributed by atoms with E-state index in [0.717, 1.165) is 12.4 Å². The van der Waals surface area contributed by atoms with Crippen LogP contribution in [-0.2, 0) is 0 Å². The zero-order valence-electron chi connectivity index (χ0n) is 10.8. The maximum Gasteiger partial charge on any atom is 0.126 e. The van der Waals surface area contributed by atoms with Crippen LogP contribution in [0.25, 0.3) is 0 Å². The van der Waals surface area contributed by atoms with E-state index in [1.807, 2.05) is 24.3 Å². The maximum atomic E-state index is 5.57. The van der Waals surface area contributed by atoms with E-state index in [9.17, 15) is 0 Å². The van der Waals surface area contributed by atoms with Crippen LogP contribution in [0.1, 0.15) is 24.1 Å². The van der Waals surface area contributed by atoms with Gasteiger partial charge in [0.15, 0.2) is 0 Å². The van der Waals surface area contributed by atoms with Crippen LogP contribution in [0.4, 0.5) is 5.82 Å². The molecule has 98 valence electrons. The summed E-state index contributed by atoms with van der Waals surface area (Å²) in [6.07, 6.45) is 0. The van der Waals surface area contributed by atoms with Crippen molar-refractivity contribution in [2.45, 2.75) is 12.8 Å². The molecule has 0 fully saturated rings. The lowest BCUT2D eigenvalue weighted by Crippen LogP contribution is -2.14. The van der Waals surface area contributed by atoms with E-state index in [1.54, 1.807) is 0 Å². The number of nitrogens with two attached hydrogens (primary N) is 1. The SMILES string of the molecule is CC(CNc1cccc(C(N)=S)n1)c1ccccc1. The van der Waals surface area contributed by atoms with Gasteiger partial charge in [0.05, 0.1) is 5.69 Å². The van der Waals surface area contributed by atoms with Crippen molar-refractivity contribution in [3.8, 4) is 0 Å². The molecule has 0 spiro atoms. The molecule has 1 unspecified atom stereocenters. The van der Waals surface area contributed by atoms with Gasteiger partial charge in [0, 0.05) is 6.54 Å².